The van der Waals surface area contributed by atoms with E-state index in [1.54, 1.807) is 25.1 Å². The molecule has 0 spiro atoms. The summed E-state index contributed by atoms with van der Waals surface area (Å²) < 4.78 is 11.3. The SMILES string of the molecule is CCCCCCCCCCCCCCC(=O)OC(C)OC(=O)N1C(N2CCN(C)CC2)=c2ccccc2=Nc2ccc(Cl)cc21. The van der Waals surface area contributed by atoms with Crippen LogP contribution in [0.15, 0.2) is 47.5 Å². The second-order valence-corrected chi connectivity index (χ2v) is 12.7. The fourth-order valence-corrected chi connectivity index (χ4v) is 6.15. The summed E-state index contributed by atoms with van der Waals surface area (Å²) in [5.41, 5.74) is 1.12. The molecule has 1 atom stereocenters. The highest BCUT2D eigenvalue weighted by Crippen LogP contribution is 2.36. The number of nitrogens with zero attached hydrogens (tertiary/aromatic N) is 4. The molecule has 1 fully saturated rings. The highest BCUT2D eigenvalue weighted by atomic mass is 35.5. The number of halogens is 1. The minimum Gasteiger partial charge on any atom is -0.425 e. The van der Waals surface area contributed by atoms with Gasteiger partial charge in [0.1, 0.15) is 5.82 Å². The smallest absolute Gasteiger partial charge is 0.423 e. The van der Waals surface area contributed by atoms with Gasteiger partial charge in [-0.05, 0) is 43.8 Å². The largest absolute Gasteiger partial charge is 0.425 e. The Morgan fingerprint density at radius 3 is 2.13 bits per heavy atom. The Morgan fingerprint density at radius 2 is 1.47 bits per heavy atom. The topological polar surface area (TPSA) is 74.7 Å². The number of carbonyl (C=O) groups excluding carboxylic acids is 2. The van der Waals surface area contributed by atoms with E-state index in [0.717, 1.165) is 56.0 Å². The Kier molecular flexibility index (Phi) is 14.0. The molecule has 8 nitrogen and oxygen atoms in total. The standard InChI is InChI=1S/C36H51ClN4O4/c1-4-5-6-7-8-9-10-11-12-13-14-15-20-34(42)44-28(2)45-36(43)41-33-27-29(37)21-22-32(33)38-31-19-17-16-18-30(31)35(41)40-25-23-39(3)24-26-40/h16-19,21-22,27-28H,4-15,20,23-26H2,1-3H3. The molecule has 4 rings (SSSR count). The van der Waals surface area contributed by atoms with Crippen LogP contribution < -0.4 is 15.5 Å². The summed E-state index contributed by atoms with van der Waals surface area (Å²) in [7, 11) is 2.09. The van der Waals surface area contributed by atoms with E-state index in [4.69, 9.17) is 26.1 Å². The maximum Gasteiger partial charge on any atom is 0.423 e. The number of esters is 1. The van der Waals surface area contributed by atoms with Gasteiger partial charge in [0.15, 0.2) is 0 Å². The Balaban J connectivity index is 1.34. The van der Waals surface area contributed by atoms with Gasteiger partial charge in [-0.25, -0.2) is 14.7 Å². The third kappa shape index (κ3) is 10.5. The number of amides is 1. The molecule has 0 N–H and O–H groups in total. The summed E-state index contributed by atoms with van der Waals surface area (Å²) in [5.74, 6) is 0.328. The maximum atomic E-state index is 14.0. The average molecular weight is 639 g/mol. The van der Waals surface area contributed by atoms with Crippen molar-refractivity contribution in [2.24, 2.45) is 4.99 Å². The molecule has 2 aromatic rings. The number of anilines is 1. The van der Waals surface area contributed by atoms with Gasteiger partial charge in [-0.15, -0.1) is 0 Å². The van der Waals surface area contributed by atoms with Crippen LogP contribution in [0, 0.1) is 0 Å². The van der Waals surface area contributed by atoms with Crippen LogP contribution in [0.25, 0.3) is 5.82 Å². The molecular weight excluding hydrogens is 588 g/mol. The normalized spacial score (nSPS) is 15.5. The molecule has 2 aliphatic heterocycles. The van der Waals surface area contributed by atoms with Crippen molar-refractivity contribution in [3.8, 4) is 0 Å². The Morgan fingerprint density at radius 1 is 0.844 bits per heavy atom. The predicted octanol–water partition coefficient (Wildman–Crippen LogP) is 7.54. The number of ether oxygens (including phenoxy) is 2. The van der Waals surface area contributed by atoms with Crippen molar-refractivity contribution < 1.29 is 19.1 Å². The van der Waals surface area contributed by atoms with Crippen LogP contribution in [0.1, 0.15) is 97.3 Å². The van der Waals surface area contributed by atoms with Crippen molar-refractivity contribution >= 4 is 40.9 Å². The molecule has 0 saturated carbocycles. The van der Waals surface area contributed by atoms with Gasteiger partial charge in [-0.2, -0.15) is 0 Å². The summed E-state index contributed by atoms with van der Waals surface area (Å²) in [4.78, 5) is 37.5. The number of fused-ring (bicyclic) bond motifs is 2. The van der Waals surface area contributed by atoms with Crippen LogP contribution in [0.2, 0.25) is 5.02 Å². The van der Waals surface area contributed by atoms with Crippen molar-refractivity contribution in [3.05, 3.63) is 58.1 Å². The Bertz CT molecular complexity index is 1380. The van der Waals surface area contributed by atoms with Crippen LogP contribution >= 0.6 is 11.6 Å². The number of hydrogen-bond donors (Lipinski definition) is 0. The lowest BCUT2D eigenvalue weighted by atomic mass is 10.0. The first-order valence-electron chi connectivity index (χ1n) is 17.0. The molecule has 0 radical (unpaired) electrons. The third-order valence-corrected chi connectivity index (χ3v) is 8.80. The van der Waals surface area contributed by atoms with E-state index in [1.807, 2.05) is 24.3 Å². The summed E-state index contributed by atoms with van der Waals surface area (Å²) in [5, 5.41) is 2.06. The number of unbranched alkanes of at least 4 members (excludes halogenated alkanes) is 11. The summed E-state index contributed by atoms with van der Waals surface area (Å²) >= 11 is 6.44. The number of likely N-dealkylation sites (N-methyl/N-ethyl adjacent to an activating group) is 1. The fraction of sp³-hybridized carbons (Fsp3) is 0.583. The number of para-hydroxylation sites is 1. The second kappa shape index (κ2) is 18.1. The molecule has 9 heteroatoms. The third-order valence-electron chi connectivity index (χ3n) is 8.56. The van der Waals surface area contributed by atoms with Crippen molar-refractivity contribution in [1.82, 2.24) is 9.80 Å². The van der Waals surface area contributed by atoms with E-state index >= 15 is 0 Å². The van der Waals surface area contributed by atoms with Crippen molar-refractivity contribution in [2.45, 2.75) is 104 Å². The minimum absolute atomic E-state index is 0.312. The lowest BCUT2D eigenvalue weighted by Gasteiger charge is -2.39. The average Bonchev–Trinajstić information content (AvgIpc) is 3.16. The second-order valence-electron chi connectivity index (χ2n) is 12.3. The zero-order chi connectivity index (χ0) is 32.0. The van der Waals surface area contributed by atoms with Crippen LogP contribution in [0.4, 0.5) is 16.2 Å². The Hall–Kier alpha value is -3.10. The predicted molar refractivity (Wildman–Crippen MR) is 181 cm³/mol. The zero-order valence-corrected chi connectivity index (χ0v) is 28.2. The van der Waals surface area contributed by atoms with E-state index in [1.165, 1.54) is 62.7 Å². The van der Waals surface area contributed by atoms with Gasteiger partial charge in [0, 0.05) is 49.8 Å². The molecule has 2 aliphatic rings. The van der Waals surface area contributed by atoms with Crippen molar-refractivity contribution in [3.63, 3.8) is 0 Å². The van der Waals surface area contributed by atoms with Crippen LogP contribution in [-0.4, -0.2) is 61.4 Å². The summed E-state index contributed by atoms with van der Waals surface area (Å²) in [6, 6.07) is 13.1. The van der Waals surface area contributed by atoms with Gasteiger partial charge >= 0.3 is 12.1 Å². The van der Waals surface area contributed by atoms with Gasteiger partial charge < -0.3 is 19.3 Å². The van der Waals surface area contributed by atoms with Crippen LogP contribution in [0.5, 0.6) is 0 Å². The summed E-state index contributed by atoms with van der Waals surface area (Å²) in [6.45, 7) is 6.99. The highest BCUT2D eigenvalue weighted by molar-refractivity contribution is 6.31. The quantitative estimate of drug-likeness (QED) is 0.107. The number of carbonyl (C=O) groups is 2. The van der Waals surface area contributed by atoms with E-state index in [9.17, 15) is 9.59 Å². The molecule has 45 heavy (non-hydrogen) atoms. The molecule has 246 valence electrons. The van der Waals surface area contributed by atoms with Gasteiger partial charge in [-0.3, -0.25) is 4.79 Å². The van der Waals surface area contributed by atoms with E-state index in [-0.39, 0.29) is 5.97 Å². The highest BCUT2D eigenvalue weighted by Gasteiger charge is 2.33. The lowest BCUT2D eigenvalue weighted by molar-refractivity contribution is -0.164. The van der Waals surface area contributed by atoms with Gasteiger partial charge in [0.2, 0.25) is 6.29 Å². The first-order valence-corrected chi connectivity index (χ1v) is 17.4. The lowest BCUT2D eigenvalue weighted by Crippen LogP contribution is -2.51. The molecule has 0 bridgehead atoms. The first-order chi connectivity index (χ1) is 21.9. The van der Waals surface area contributed by atoms with Gasteiger partial charge in [-0.1, -0.05) is 101 Å². The molecule has 1 unspecified atom stereocenters. The van der Waals surface area contributed by atoms with E-state index in [2.05, 4.69) is 23.8 Å². The number of benzene rings is 2. The summed E-state index contributed by atoms with van der Waals surface area (Å²) in [6.07, 6.45) is 13.4. The number of piperazine rings is 1. The molecular formula is C36H51ClN4O4. The van der Waals surface area contributed by atoms with E-state index < -0.39 is 12.4 Å². The molecule has 2 aromatic carbocycles. The molecule has 0 aliphatic carbocycles. The minimum atomic E-state index is -1.05. The monoisotopic (exact) mass is 638 g/mol. The number of hydrogen-bond acceptors (Lipinski definition) is 7. The van der Waals surface area contributed by atoms with Crippen molar-refractivity contribution in [2.75, 3.05) is 38.1 Å². The van der Waals surface area contributed by atoms with Gasteiger partial charge in [0.05, 0.1) is 16.7 Å². The van der Waals surface area contributed by atoms with Crippen LogP contribution in [-0.2, 0) is 14.3 Å². The molecule has 0 aromatic heterocycles. The van der Waals surface area contributed by atoms with Gasteiger partial charge in [0.25, 0.3) is 0 Å². The molecule has 1 saturated heterocycles. The Labute approximate surface area is 274 Å². The van der Waals surface area contributed by atoms with Crippen molar-refractivity contribution in [1.29, 1.82) is 0 Å². The zero-order valence-electron chi connectivity index (χ0n) is 27.4. The number of rotatable bonds is 16. The van der Waals surface area contributed by atoms with Crippen LogP contribution in [0.3, 0.4) is 0 Å². The molecule has 2 heterocycles. The first kappa shape index (κ1) is 34.8. The molecule has 1 amide bonds. The fourth-order valence-electron chi connectivity index (χ4n) is 5.98. The van der Waals surface area contributed by atoms with E-state index in [0.29, 0.717) is 28.6 Å². The maximum absolute atomic E-state index is 14.0.